The third-order valence-electron chi connectivity index (χ3n) is 3.62. The predicted octanol–water partition coefficient (Wildman–Crippen LogP) is 4.68. The summed E-state index contributed by atoms with van der Waals surface area (Å²) in [5.41, 5.74) is 2.12. The van der Waals surface area contributed by atoms with Crippen LogP contribution in [0.5, 0.6) is 0 Å². The SMILES string of the molecule is CCOC(=O)C(c1ccccc1)C(C)/C=C/c1ccccc1. The molecular formula is C20H22O2. The van der Waals surface area contributed by atoms with Gasteiger partial charge in [-0.15, -0.1) is 0 Å². The molecule has 0 fully saturated rings. The molecule has 2 rings (SSSR count). The van der Waals surface area contributed by atoms with Gasteiger partial charge in [-0.3, -0.25) is 4.79 Å². The first-order valence-corrected chi connectivity index (χ1v) is 7.67. The fourth-order valence-electron chi connectivity index (χ4n) is 2.48. The number of ether oxygens (including phenoxy) is 1. The first kappa shape index (κ1) is 16.0. The Morgan fingerprint density at radius 3 is 2.23 bits per heavy atom. The van der Waals surface area contributed by atoms with Gasteiger partial charge in [-0.25, -0.2) is 0 Å². The molecule has 0 radical (unpaired) electrons. The third-order valence-corrected chi connectivity index (χ3v) is 3.62. The molecule has 2 atom stereocenters. The molecule has 2 nitrogen and oxygen atoms in total. The fourth-order valence-corrected chi connectivity index (χ4v) is 2.48. The number of allylic oxidation sites excluding steroid dienone is 1. The van der Waals surface area contributed by atoms with Gasteiger partial charge >= 0.3 is 5.97 Å². The Labute approximate surface area is 132 Å². The number of benzene rings is 2. The minimum absolute atomic E-state index is 0.0571. The average Bonchev–Trinajstić information content (AvgIpc) is 2.55. The molecule has 0 aromatic heterocycles. The summed E-state index contributed by atoms with van der Waals surface area (Å²) < 4.78 is 5.26. The van der Waals surface area contributed by atoms with Crippen LogP contribution in [0.1, 0.15) is 30.9 Å². The zero-order valence-electron chi connectivity index (χ0n) is 13.1. The van der Waals surface area contributed by atoms with Crippen molar-refractivity contribution in [1.29, 1.82) is 0 Å². The topological polar surface area (TPSA) is 26.3 Å². The number of carbonyl (C=O) groups is 1. The lowest BCUT2D eigenvalue weighted by Gasteiger charge is -2.20. The molecule has 0 aliphatic rings. The summed E-state index contributed by atoms with van der Waals surface area (Å²) >= 11 is 0. The quantitative estimate of drug-likeness (QED) is 0.723. The molecule has 0 spiro atoms. The summed E-state index contributed by atoms with van der Waals surface area (Å²) in [4.78, 5) is 12.3. The Kier molecular flexibility index (Phi) is 5.96. The molecule has 0 amide bonds. The maximum Gasteiger partial charge on any atom is 0.313 e. The molecule has 0 saturated carbocycles. The lowest BCUT2D eigenvalue weighted by Crippen LogP contribution is -2.21. The molecule has 22 heavy (non-hydrogen) atoms. The summed E-state index contributed by atoms with van der Waals surface area (Å²) in [5.74, 6) is -0.387. The van der Waals surface area contributed by atoms with Crippen molar-refractivity contribution >= 4 is 12.0 Å². The number of rotatable bonds is 6. The van der Waals surface area contributed by atoms with Crippen LogP contribution in [0.4, 0.5) is 0 Å². The zero-order valence-corrected chi connectivity index (χ0v) is 13.1. The Balaban J connectivity index is 2.21. The lowest BCUT2D eigenvalue weighted by atomic mass is 9.86. The maximum absolute atomic E-state index is 12.3. The summed E-state index contributed by atoms with van der Waals surface area (Å²) in [6, 6.07) is 19.9. The van der Waals surface area contributed by atoms with E-state index in [1.54, 1.807) is 0 Å². The summed E-state index contributed by atoms with van der Waals surface area (Å²) in [6.07, 6.45) is 4.13. The molecule has 0 bridgehead atoms. The van der Waals surface area contributed by atoms with E-state index in [0.29, 0.717) is 6.61 Å². The molecule has 2 aromatic carbocycles. The predicted molar refractivity (Wildman–Crippen MR) is 90.5 cm³/mol. The van der Waals surface area contributed by atoms with Crippen molar-refractivity contribution in [3.63, 3.8) is 0 Å². The smallest absolute Gasteiger partial charge is 0.313 e. The van der Waals surface area contributed by atoms with Gasteiger partial charge < -0.3 is 4.74 Å². The van der Waals surface area contributed by atoms with Crippen molar-refractivity contribution in [2.24, 2.45) is 5.92 Å². The molecule has 2 heteroatoms. The van der Waals surface area contributed by atoms with E-state index >= 15 is 0 Å². The second-order valence-corrected chi connectivity index (χ2v) is 5.27. The van der Waals surface area contributed by atoms with Crippen LogP contribution in [0.25, 0.3) is 6.08 Å². The number of carbonyl (C=O) groups excluding carboxylic acids is 1. The van der Waals surface area contributed by atoms with E-state index in [0.717, 1.165) is 11.1 Å². The van der Waals surface area contributed by atoms with Crippen LogP contribution < -0.4 is 0 Å². The number of hydrogen-bond acceptors (Lipinski definition) is 2. The molecule has 0 N–H and O–H groups in total. The van der Waals surface area contributed by atoms with Crippen LogP contribution in [0.2, 0.25) is 0 Å². The monoisotopic (exact) mass is 294 g/mol. The van der Waals surface area contributed by atoms with Crippen molar-refractivity contribution in [2.75, 3.05) is 6.61 Å². The highest BCUT2D eigenvalue weighted by molar-refractivity contribution is 5.79. The van der Waals surface area contributed by atoms with Gasteiger partial charge in [-0.2, -0.15) is 0 Å². The molecule has 0 heterocycles. The first-order valence-electron chi connectivity index (χ1n) is 7.67. The van der Waals surface area contributed by atoms with Crippen LogP contribution in [0.3, 0.4) is 0 Å². The maximum atomic E-state index is 12.3. The van der Waals surface area contributed by atoms with Crippen molar-refractivity contribution in [3.8, 4) is 0 Å². The van der Waals surface area contributed by atoms with Gasteiger partial charge in [0.05, 0.1) is 12.5 Å². The first-order chi connectivity index (χ1) is 10.7. The van der Waals surface area contributed by atoms with E-state index in [1.807, 2.05) is 74.5 Å². The molecule has 0 saturated heterocycles. The highest BCUT2D eigenvalue weighted by Gasteiger charge is 2.26. The number of esters is 1. The van der Waals surface area contributed by atoms with Crippen LogP contribution in [0, 0.1) is 5.92 Å². The van der Waals surface area contributed by atoms with Crippen LogP contribution in [0.15, 0.2) is 66.7 Å². The molecular weight excluding hydrogens is 272 g/mol. The van der Waals surface area contributed by atoms with E-state index in [-0.39, 0.29) is 17.8 Å². The lowest BCUT2D eigenvalue weighted by molar-refractivity contribution is -0.145. The van der Waals surface area contributed by atoms with E-state index < -0.39 is 0 Å². The minimum atomic E-state index is -0.277. The highest BCUT2D eigenvalue weighted by atomic mass is 16.5. The van der Waals surface area contributed by atoms with Crippen molar-refractivity contribution in [3.05, 3.63) is 77.9 Å². The fraction of sp³-hybridized carbons (Fsp3) is 0.250. The van der Waals surface area contributed by atoms with E-state index in [2.05, 4.69) is 12.2 Å². The third kappa shape index (κ3) is 4.32. The van der Waals surface area contributed by atoms with Gasteiger partial charge in [0.25, 0.3) is 0 Å². The number of hydrogen-bond donors (Lipinski definition) is 0. The van der Waals surface area contributed by atoms with Crippen LogP contribution in [-0.4, -0.2) is 12.6 Å². The van der Waals surface area contributed by atoms with Gasteiger partial charge in [0.15, 0.2) is 0 Å². The van der Waals surface area contributed by atoms with Gasteiger partial charge in [-0.1, -0.05) is 79.7 Å². The normalized spacial score (nSPS) is 13.7. The Bertz CT molecular complexity index is 602. The second kappa shape index (κ2) is 8.18. The molecule has 0 aliphatic heterocycles. The minimum Gasteiger partial charge on any atom is -0.466 e. The van der Waals surface area contributed by atoms with E-state index in [9.17, 15) is 4.79 Å². The summed E-state index contributed by atoms with van der Waals surface area (Å²) in [5, 5.41) is 0. The summed E-state index contributed by atoms with van der Waals surface area (Å²) in [6.45, 7) is 4.29. The largest absolute Gasteiger partial charge is 0.466 e. The zero-order chi connectivity index (χ0) is 15.8. The second-order valence-electron chi connectivity index (χ2n) is 5.27. The Hall–Kier alpha value is -2.35. The molecule has 2 unspecified atom stereocenters. The summed E-state index contributed by atoms with van der Waals surface area (Å²) in [7, 11) is 0. The van der Waals surface area contributed by atoms with Gasteiger partial charge in [-0.05, 0) is 24.0 Å². The van der Waals surface area contributed by atoms with Crippen LogP contribution >= 0.6 is 0 Å². The Morgan fingerprint density at radius 1 is 1.05 bits per heavy atom. The van der Waals surface area contributed by atoms with Gasteiger partial charge in [0.1, 0.15) is 0 Å². The molecule has 114 valence electrons. The molecule has 0 aliphatic carbocycles. The highest BCUT2D eigenvalue weighted by Crippen LogP contribution is 2.27. The van der Waals surface area contributed by atoms with Crippen molar-refractivity contribution in [2.45, 2.75) is 19.8 Å². The van der Waals surface area contributed by atoms with E-state index in [4.69, 9.17) is 4.74 Å². The van der Waals surface area contributed by atoms with E-state index in [1.165, 1.54) is 0 Å². The van der Waals surface area contributed by atoms with Crippen LogP contribution in [-0.2, 0) is 9.53 Å². The molecule has 2 aromatic rings. The Morgan fingerprint density at radius 2 is 1.64 bits per heavy atom. The van der Waals surface area contributed by atoms with Crippen molar-refractivity contribution in [1.82, 2.24) is 0 Å². The van der Waals surface area contributed by atoms with Crippen molar-refractivity contribution < 1.29 is 9.53 Å². The van der Waals surface area contributed by atoms with Gasteiger partial charge in [0, 0.05) is 0 Å². The van der Waals surface area contributed by atoms with Gasteiger partial charge in [0.2, 0.25) is 0 Å². The average molecular weight is 294 g/mol. The standard InChI is InChI=1S/C20H22O2/c1-3-22-20(21)19(18-12-8-5-9-13-18)16(2)14-15-17-10-6-4-7-11-17/h4-16,19H,3H2,1-2H3/b15-14+.